The van der Waals surface area contributed by atoms with Gasteiger partial charge in [-0.2, -0.15) is 0 Å². The zero-order chi connectivity index (χ0) is 9.14. The number of aliphatic hydroxyl groups excluding tert-OH is 1. The van der Waals surface area contributed by atoms with E-state index >= 15 is 0 Å². The Kier molecular flexibility index (Phi) is 2.35. The summed E-state index contributed by atoms with van der Waals surface area (Å²) < 4.78 is 0. The molecule has 0 atom stereocenters. The minimum Gasteiger partial charge on any atom is -0.390 e. The van der Waals surface area contributed by atoms with Crippen LogP contribution in [-0.4, -0.2) is 15.0 Å². The first kappa shape index (κ1) is 8.61. The minimum atomic E-state index is -0.490. The molecule has 0 saturated carbocycles. The molecule has 1 aromatic rings. The Morgan fingerprint density at radius 2 is 2.42 bits per heavy atom. The van der Waals surface area contributed by atoms with Gasteiger partial charge in [0.05, 0.1) is 22.8 Å². The number of pyridine rings is 1. The number of aliphatic hydroxyl groups is 1. The third-order valence-electron chi connectivity index (χ3n) is 1.63. The zero-order valence-electron chi connectivity index (χ0n) is 6.52. The molecule has 0 aromatic carbocycles. The third-order valence-corrected chi connectivity index (χ3v) is 1.63. The van der Waals surface area contributed by atoms with Crippen molar-refractivity contribution in [2.45, 2.75) is 13.5 Å². The average molecular weight is 168 g/mol. The van der Waals surface area contributed by atoms with Crippen LogP contribution >= 0.6 is 0 Å². The zero-order valence-corrected chi connectivity index (χ0v) is 6.52. The summed E-state index contributed by atoms with van der Waals surface area (Å²) in [5, 5.41) is 19.1. The van der Waals surface area contributed by atoms with Crippen molar-refractivity contribution in [1.29, 1.82) is 0 Å². The average Bonchev–Trinajstić information content (AvgIpc) is 2.04. The molecule has 1 rings (SSSR count). The van der Waals surface area contributed by atoms with Gasteiger partial charge in [-0.3, -0.25) is 15.1 Å². The Morgan fingerprint density at radius 1 is 1.75 bits per heavy atom. The minimum absolute atomic E-state index is 0.00551. The second kappa shape index (κ2) is 3.27. The monoisotopic (exact) mass is 168 g/mol. The molecule has 0 aliphatic carbocycles. The van der Waals surface area contributed by atoms with Crippen molar-refractivity contribution in [1.82, 2.24) is 4.98 Å². The maximum atomic E-state index is 10.4. The van der Waals surface area contributed by atoms with E-state index in [1.165, 1.54) is 12.3 Å². The van der Waals surface area contributed by atoms with E-state index in [2.05, 4.69) is 4.98 Å². The molecule has 5 heteroatoms. The van der Waals surface area contributed by atoms with Gasteiger partial charge in [-0.1, -0.05) is 0 Å². The van der Waals surface area contributed by atoms with Crippen LogP contribution < -0.4 is 0 Å². The van der Waals surface area contributed by atoms with Crippen LogP contribution in [0.2, 0.25) is 0 Å². The first-order valence-electron chi connectivity index (χ1n) is 3.36. The lowest BCUT2D eigenvalue weighted by atomic mass is 10.2. The molecular weight excluding hydrogens is 160 g/mol. The normalized spacial score (nSPS) is 9.83. The molecule has 1 N–H and O–H groups in total. The predicted octanol–water partition coefficient (Wildman–Crippen LogP) is 0.791. The van der Waals surface area contributed by atoms with E-state index in [0.717, 1.165) is 0 Å². The summed E-state index contributed by atoms with van der Waals surface area (Å²) >= 11 is 0. The molecule has 0 radical (unpaired) electrons. The highest BCUT2D eigenvalue weighted by molar-refractivity contribution is 5.40. The molecule has 0 aliphatic rings. The van der Waals surface area contributed by atoms with Gasteiger partial charge in [0, 0.05) is 12.3 Å². The maximum Gasteiger partial charge on any atom is 0.275 e. The van der Waals surface area contributed by atoms with E-state index in [0.29, 0.717) is 11.3 Å². The summed E-state index contributed by atoms with van der Waals surface area (Å²) in [5.41, 5.74) is 0.767. The van der Waals surface area contributed by atoms with E-state index in [9.17, 15) is 10.1 Å². The van der Waals surface area contributed by atoms with Crippen molar-refractivity contribution in [3.63, 3.8) is 0 Å². The fourth-order valence-corrected chi connectivity index (χ4v) is 0.925. The Bertz CT molecular complexity index is 312. The topological polar surface area (TPSA) is 76.3 Å². The lowest BCUT2D eigenvalue weighted by Crippen LogP contribution is -1.98. The molecule has 64 valence electrons. The first-order chi connectivity index (χ1) is 5.66. The van der Waals surface area contributed by atoms with E-state index < -0.39 is 4.92 Å². The second-order valence-electron chi connectivity index (χ2n) is 2.32. The molecule has 5 nitrogen and oxygen atoms in total. The van der Waals surface area contributed by atoms with Crippen molar-refractivity contribution in [2.24, 2.45) is 0 Å². The van der Waals surface area contributed by atoms with Gasteiger partial charge in [0.15, 0.2) is 0 Å². The number of hydrogen-bond donors (Lipinski definition) is 1. The summed E-state index contributed by atoms with van der Waals surface area (Å²) in [7, 11) is 0. The lowest BCUT2D eigenvalue weighted by molar-refractivity contribution is -0.385. The maximum absolute atomic E-state index is 10.4. The number of aromatic nitrogens is 1. The molecule has 0 aliphatic heterocycles. The molecule has 0 fully saturated rings. The third kappa shape index (κ3) is 1.40. The highest BCUT2D eigenvalue weighted by atomic mass is 16.6. The van der Waals surface area contributed by atoms with Gasteiger partial charge in [-0.15, -0.1) is 0 Å². The number of nitrogens with zero attached hydrogens (tertiary/aromatic N) is 2. The fraction of sp³-hybridized carbons (Fsp3) is 0.286. The molecule has 0 saturated heterocycles. The van der Waals surface area contributed by atoms with Crippen LogP contribution in [-0.2, 0) is 6.61 Å². The van der Waals surface area contributed by atoms with Gasteiger partial charge >= 0.3 is 0 Å². The Balaban J connectivity index is 3.23. The first-order valence-corrected chi connectivity index (χ1v) is 3.36. The Labute approximate surface area is 68.8 Å². The molecule has 0 unspecified atom stereocenters. The van der Waals surface area contributed by atoms with Crippen molar-refractivity contribution < 1.29 is 10.0 Å². The largest absolute Gasteiger partial charge is 0.390 e. The summed E-state index contributed by atoms with van der Waals surface area (Å²) in [5.74, 6) is 0. The van der Waals surface area contributed by atoms with Gasteiger partial charge in [0.1, 0.15) is 0 Å². The fourth-order valence-electron chi connectivity index (χ4n) is 0.925. The van der Waals surface area contributed by atoms with Crippen LogP contribution in [0.3, 0.4) is 0 Å². The summed E-state index contributed by atoms with van der Waals surface area (Å²) in [6, 6.07) is 1.31. The lowest BCUT2D eigenvalue weighted by Gasteiger charge is -2.00. The van der Waals surface area contributed by atoms with Crippen LogP contribution in [0.15, 0.2) is 12.3 Å². The number of rotatable bonds is 2. The van der Waals surface area contributed by atoms with Crippen molar-refractivity contribution in [2.75, 3.05) is 0 Å². The summed E-state index contributed by atoms with van der Waals surface area (Å²) in [4.78, 5) is 13.7. The summed E-state index contributed by atoms with van der Waals surface area (Å²) in [6.45, 7) is 1.30. The van der Waals surface area contributed by atoms with Crippen molar-refractivity contribution in [3.05, 3.63) is 33.6 Å². The van der Waals surface area contributed by atoms with Crippen LogP contribution in [0.25, 0.3) is 0 Å². The SMILES string of the molecule is Cc1c([N+](=O)[O-])ccnc1CO. The summed E-state index contributed by atoms with van der Waals surface area (Å²) in [6.07, 6.45) is 1.32. The Hall–Kier alpha value is -1.49. The molecule has 1 aromatic heterocycles. The van der Waals surface area contributed by atoms with Crippen molar-refractivity contribution >= 4 is 5.69 Å². The van der Waals surface area contributed by atoms with E-state index in [4.69, 9.17) is 5.11 Å². The molecule has 0 spiro atoms. The predicted molar refractivity (Wildman–Crippen MR) is 41.6 cm³/mol. The molecule has 12 heavy (non-hydrogen) atoms. The van der Waals surface area contributed by atoms with Gasteiger partial charge in [0.2, 0.25) is 0 Å². The number of hydrogen-bond acceptors (Lipinski definition) is 4. The van der Waals surface area contributed by atoms with Gasteiger partial charge < -0.3 is 5.11 Å². The van der Waals surface area contributed by atoms with Gasteiger partial charge in [-0.25, -0.2) is 0 Å². The van der Waals surface area contributed by atoms with Crippen molar-refractivity contribution in [3.8, 4) is 0 Å². The molecule has 0 bridgehead atoms. The second-order valence-corrected chi connectivity index (χ2v) is 2.32. The van der Waals surface area contributed by atoms with Gasteiger partial charge in [0.25, 0.3) is 5.69 Å². The Morgan fingerprint density at radius 3 is 2.92 bits per heavy atom. The highest BCUT2D eigenvalue weighted by Crippen LogP contribution is 2.18. The van der Waals surface area contributed by atoms with Crippen LogP contribution in [0, 0.1) is 17.0 Å². The van der Waals surface area contributed by atoms with E-state index in [1.54, 1.807) is 6.92 Å². The number of nitro groups is 1. The van der Waals surface area contributed by atoms with Crippen LogP contribution in [0.4, 0.5) is 5.69 Å². The molecular formula is C7H8N2O3. The van der Waals surface area contributed by atoms with E-state index in [-0.39, 0.29) is 12.3 Å². The standard InChI is InChI=1S/C7H8N2O3/c1-5-6(4-10)8-3-2-7(5)9(11)12/h2-3,10H,4H2,1H3. The quantitative estimate of drug-likeness (QED) is 0.523. The smallest absolute Gasteiger partial charge is 0.275 e. The van der Waals surface area contributed by atoms with Gasteiger partial charge in [-0.05, 0) is 6.92 Å². The van der Waals surface area contributed by atoms with E-state index in [1.807, 2.05) is 0 Å². The highest BCUT2D eigenvalue weighted by Gasteiger charge is 2.12. The van der Waals surface area contributed by atoms with Crippen LogP contribution in [0.5, 0.6) is 0 Å². The molecule has 0 amide bonds. The molecule has 1 heterocycles. The van der Waals surface area contributed by atoms with Crippen LogP contribution in [0.1, 0.15) is 11.3 Å².